The van der Waals surface area contributed by atoms with Gasteiger partial charge < -0.3 is 10.3 Å². The molecule has 0 saturated carbocycles. The molecule has 0 atom stereocenters. The fraction of sp³-hybridized carbons (Fsp3) is 0.105. The van der Waals surface area contributed by atoms with Crippen molar-refractivity contribution in [1.29, 1.82) is 0 Å². The molecule has 0 radical (unpaired) electrons. The Bertz CT molecular complexity index is 1090. The first-order valence-corrected chi connectivity index (χ1v) is 9.34. The third kappa shape index (κ3) is 4.00. The van der Waals surface area contributed by atoms with Gasteiger partial charge in [-0.25, -0.2) is 15.0 Å². The summed E-state index contributed by atoms with van der Waals surface area (Å²) in [5, 5.41) is 4.73. The summed E-state index contributed by atoms with van der Waals surface area (Å²) in [4.78, 5) is 16.1. The molecule has 1 aromatic carbocycles. The fourth-order valence-electron chi connectivity index (χ4n) is 2.78. The highest BCUT2D eigenvalue weighted by atomic mass is 35.5. The minimum atomic E-state index is 0.376. The lowest BCUT2D eigenvalue weighted by Crippen LogP contribution is -2.02. The van der Waals surface area contributed by atoms with E-state index in [1.807, 2.05) is 36.7 Å². The monoisotopic (exact) mass is 417 g/mol. The molecule has 0 amide bonds. The van der Waals surface area contributed by atoms with Crippen molar-refractivity contribution in [3.63, 3.8) is 0 Å². The Morgan fingerprint density at radius 2 is 1.85 bits per heavy atom. The predicted molar refractivity (Wildman–Crippen MR) is 110 cm³/mol. The maximum absolute atomic E-state index is 6.21. The molecule has 0 unspecified atom stereocenters. The van der Waals surface area contributed by atoms with E-state index >= 15 is 0 Å². The SMILES string of the molecule is Clc1cnc2[nH]cc(Cc3ccc(NCc4cccc(Cl)c4Cl)nc3)c2n1. The average molecular weight is 419 g/mol. The summed E-state index contributed by atoms with van der Waals surface area (Å²) >= 11 is 18.2. The number of fused-ring (bicyclic) bond motifs is 1. The van der Waals surface area contributed by atoms with Crippen LogP contribution in [0, 0.1) is 0 Å². The van der Waals surface area contributed by atoms with E-state index in [4.69, 9.17) is 34.8 Å². The lowest BCUT2D eigenvalue weighted by Gasteiger charge is -2.09. The number of H-pyrrole nitrogens is 1. The number of benzene rings is 1. The third-order valence-electron chi connectivity index (χ3n) is 4.14. The van der Waals surface area contributed by atoms with E-state index in [1.54, 1.807) is 6.07 Å². The molecule has 0 aliphatic rings. The molecule has 0 saturated heterocycles. The minimum Gasteiger partial charge on any atom is -0.366 e. The second-order valence-electron chi connectivity index (χ2n) is 6.00. The van der Waals surface area contributed by atoms with Crippen LogP contribution in [0.5, 0.6) is 0 Å². The van der Waals surface area contributed by atoms with Gasteiger partial charge in [0.15, 0.2) is 5.65 Å². The molecule has 0 bridgehead atoms. The Kier molecular flexibility index (Phi) is 5.16. The molecule has 4 rings (SSSR count). The van der Waals surface area contributed by atoms with Crippen LogP contribution >= 0.6 is 34.8 Å². The summed E-state index contributed by atoms with van der Waals surface area (Å²) in [5.41, 5.74) is 4.50. The maximum atomic E-state index is 6.21. The van der Waals surface area contributed by atoms with Gasteiger partial charge in [-0.15, -0.1) is 0 Å². The van der Waals surface area contributed by atoms with E-state index in [0.29, 0.717) is 28.2 Å². The molecule has 3 heterocycles. The minimum absolute atomic E-state index is 0.376. The van der Waals surface area contributed by atoms with Gasteiger partial charge in [0.25, 0.3) is 0 Å². The van der Waals surface area contributed by atoms with Crippen LogP contribution in [0.15, 0.2) is 48.9 Å². The number of hydrogen-bond acceptors (Lipinski definition) is 4. The number of anilines is 1. The molecule has 136 valence electrons. The van der Waals surface area contributed by atoms with E-state index in [9.17, 15) is 0 Å². The van der Waals surface area contributed by atoms with Crippen LogP contribution in [0.3, 0.4) is 0 Å². The van der Waals surface area contributed by atoms with E-state index in [2.05, 4.69) is 25.3 Å². The first kappa shape index (κ1) is 18.0. The van der Waals surface area contributed by atoms with Gasteiger partial charge in [0, 0.05) is 30.9 Å². The summed E-state index contributed by atoms with van der Waals surface area (Å²) < 4.78 is 0. The molecule has 27 heavy (non-hydrogen) atoms. The van der Waals surface area contributed by atoms with Gasteiger partial charge in [-0.05, 0) is 23.3 Å². The number of halogens is 3. The van der Waals surface area contributed by atoms with Gasteiger partial charge in [-0.1, -0.05) is 53.0 Å². The Morgan fingerprint density at radius 1 is 0.963 bits per heavy atom. The summed E-state index contributed by atoms with van der Waals surface area (Å²) in [6.45, 7) is 0.544. The topological polar surface area (TPSA) is 66.5 Å². The summed E-state index contributed by atoms with van der Waals surface area (Å²) in [6.07, 6.45) is 5.94. The number of aromatic amines is 1. The average Bonchev–Trinajstić information content (AvgIpc) is 3.06. The van der Waals surface area contributed by atoms with Crippen molar-refractivity contribution in [2.45, 2.75) is 13.0 Å². The van der Waals surface area contributed by atoms with Crippen molar-refractivity contribution in [1.82, 2.24) is 19.9 Å². The summed E-state index contributed by atoms with van der Waals surface area (Å²) in [5.74, 6) is 0.761. The third-order valence-corrected chi connectivity index (χ3v) is 5.18. The Labute approximate surface area is 170 Å². The molecule has 5 nitrogen and oxygen atoms in total. The highest BCUT2D eigenvalue weighted by molar-refractivity contribution is 6.42. The number of nitrogens with one attached hydrogen (secondary N) is 2. The van der Waals surface area contributed by atoms with Crippen molar-refractivity contribution in [2.75, 3.05) is 5.32 Å². The highest BCUT2D eigenvalue weighted by Crippen LogP contribution is 2.26. The molecule has 4 aromatic rings. The summed E-state index contributed by atoms with van der Waals surface area (Å²) in [6, 6.07) is 9.52. The van der Waals surface area contributed by atoms with E-state index in [-0.39, 0.29) is 0 Å². The Balaban J connectivity index is 1.45. The van der Waals surface area contributed by atoms with Gasteiger partial charge in [0.05, 0.1) is 16.2 Å². The standard InChI is InChI=1S/C19H14Cl3N5/c20-14-3-1-2-12(17(14)22)8-24-16-5-4-11(7-23-16)6-13-9-25-19-18(13)27-15(21)10-26-19/h1-5,7,9-10H,6,8H2,(H,23,24)(H,25,26). The van der Waals surface area contributed by atoms with Crippen LogP contribution in [-0.2, 0) is 13.0 Å². The molecule has 0 aliphatic carbocycles. The highest BCUT2D eigenvalue weighted by Gasteiger charge is 2.09. The van der Waals surface area contributed by atoms with E-state index in [1.165, 1.54) is 6.20 Å². The van der Waals surface area contributed by atoms with Crippen LogP contribution in [0.4, 0.5) is 5.82 Å². The molecule has 2 N–H and O–H groups in total. The van der Waals surface area contributed by atoms with Crippen molar-refractivity contribution in [3.8, 4) is 0 Å². The zero-order chi connectivity index (χ0) is 18.8. The van der Waals surface area contributed by atoms with Crippen molar-refractivity contribution in [2.24, 2.45) is 0 Å². The quantitative estimate of drug-likeness (QED) is 0.448. The van der Waals surface area contributed by atoms with Gasteiger partial charge >= 0.3 is 0 Å². The van der Waals surface area contributed by atoms with E-state index < -0.39 is 0 Å². The number of nitrogens with zero attached hydrogens (tertiary/aromatic N) is 3. The molecule has 0 aliphatic heterocycles. The van der Waals surface area contributed by atoms with Gasteiger partial charge in [0.1, 0.15) is 16.5 Å². The first-order valence-electron chi connectivity index (χ1n) is 8.20. The maximum Gasteiger partial charge on any atom is 0.156 e. The van der Waals surface area contributed by atoms with Gasteiger partial charge in [-0.2, -0.15) is 0 Å². The first-order chi connectivity index (χ1) is 13.1. The smallest absolute Gasteiger partial charge is 0.156 e. The normalized spacial score (nSPS) is 11.1. The molecule has 3 aromatic heterocycles. The number of aromatic nitrogens is 4. The summed E-state index contributed by atoms with van der Waals surface area (Å²) in [7, 11) is 0. The molecular formula is C19H14Cl3N5. The van der Waals surface area contributed by atoms with Gasteiger partial charge in [-0.3, -0.25) is 0 Å². The number of hydrogen-bond donors (Lipinski definition) is 2. The van der Waals surface area contributed by atoms with Crippen LogP contribution in [0.2, 0.25) is 15.2 Å². The molecular weight excluding hydrogens is 405 g/mol. The Hall–Kier alpha value is -2.34. The fourth-order valence-corrected chi connectivity index (χ4v) is 3.30. The molecule has 0 spiro atoms. The molecule has 8 heteroatoms. The molecule has 0 fully saturated rings. The van der Waals surface area contributed by atoms with Crippen LogP contribution in [-0.4, -0.2) is 19.9 Å². The lowest BCUT2D eigenvalue weighted by atomic mass is 10.1. The van der Waals surface area contributed by atoms with Crippen LogP contribution in [0.1, 0.15) is 16.7 Å². The second-order valence-corrected chi connectivity index (χ2v) is 7.17. The van der Waals surface area contributed by atoms with Crippen molar-refractivity contribution < 1.29 is 0 Å². The largest absolute Gasteiger partial charge is 0.366 e. The van der Waals surface area contributed by atoms with Crippen LogP contribution < -0.4 is 5.32 Å². The number of pyridine rings is 1. The van der Waals surface area contributed by atoms with Crippen molar-refractivity contribution >= 4 is 51.8 Å². The Morgan fingerprint density at radius 3 is 2.67 bits per heavy atom. The second kappa shape index (κ2) is 7.72. The lowest BCUT2D eigenvalue weighted by molar-refractivity contribution is 1.09. The van der Waals surface area contributed by atoms with Gasteiger partial charge in [0.2, 0.25) is 0 Å². The zero-order valence-corrected chi connectivity index (χ0v) is 16.3. The number of rotatable bonds is 5. The van der Waals surface area contributed by atoms with E-state index in [0.717, 1.165) is 33.7 Å². The van der Waals surface area contributed by atoms with Crippen LogP contribution in [0.25, 0.3) is 11.2 Å². The predicted octanol–water partition coefficient (Wildman–Crippen LogP) is 5.52. The zero-order valence-electron chi connectivity index (χ0n) is 14.0. The van der Waals surface area contributed by atoms with Crippen molar-refractivity contribution in [3.05, 3.63) is 80.8 Å².